The van der Waals surface area contributed by atoms with Crippen LogP contribution >= 0.6 is 24.8 Å². The zero-order valence-corrected chi connectivity index (χ0v) is 13.5. The van der Waals surface area contributed by atoms with Crippen LogP contribution in [0.3, 0.4) is 0 Å². The molecule has 0 radical (unpaired) electrons. The number of nitrogens with zero attached hydrogens (tertiary/aromatic N) is 1. The van der Waals surface area contributed by atoms with Gasteiger partial charge >= 0.3 is 0 Å². The fourth-order valence-corrected chi connectivity index (χ4v) is 2.58. The second-order valence-corrected chi connectivity index (χ2v) is 4.60. The van der Waals surface area contributed by atoms with Crippen LogP contribution in [-0.4, -0.2) is 38.2 Å². The van der Waals surface area contributed by atoms with Gasteiger partial charge in [0.15, 0.2) is 11.6 Å². The van der Waals surface area contributed by atoms with Crippen molar-refractivity contribution in [1.82, 2.24) is 10.2 Å². The lowest BCUT2D eigenvalue weighted by atomic mass is 10.0. The minimum Gasteiger partial charge on any atom is -0.494 e. The predicted molar refractivity (Wildman–Crippen MR) is 84.9 cm³/mol. The van der Waals surface area contributed by atoms with E-state index in [1.807, 2.05) is 12.1 Å². The molecule has 1 aliphatic rings. The Bertz CT molecular complexity index is 401. The minimum absolute atomic E-state index is 0. The van der Waals surface area contributed by atoms with Crippen molar-refractivity contribution in [3.8, 4) is 5.75 Å². The van der Waals surface area contributed by atoms with E-state index in [2.05, 4.69) is 17.1 Å². The molecule has 1 aromatic carbocycles. The van der Waals surface area contributed by atoms with E-state index in [0.29, 0.717) is 11.8 Å². The van der Waals surface area contributed by atoms with E-state index in [1.165, 1.54) is 13.2 Å². The first-order valence-electron chi connectivity index (χ1n) is 6.54. The molecular weight excluding hydrogens is 302 g/mol. The Hall–Kier alpha value is -0.550. The molecule has 0 unspecified atom stereocenters. The third-order valence-corrected chi connectivity index (χ3v) is 3.54. The monoisotopic (exact) mass is 324 g/mol. The number of benzene rings is 1. The second-order valence-electron chi connectivity index (χ2n) is 4.60. The molecule has 0 spiro atoms. The van der Waals surface area contributed by atoms with Gasteiger partial charge < -0.3 is 10.1 Å². The second kappa shape index (κ2) is 9.40. The Morgan fingerprint density at radius 3 is 2.50 bits per heavy atom. The standard InChI is InChI=1S/C14H21FN2O.2ClH/c1-3-13(17-8-6-16-7-9-17)11-4-5-12(15)14(10-11)18-2;;/h4-5,10,13,16H,3,6-9H2,1-2H3;2*1H/t13-;;/m1../s1. The summed E-state index contributed by atoms with van der Waals surface area (Å²) in [5, 5.41) is 3.35. The first kappa shape index (κ1) is 19.4. The maximum Gasteiger partial charge on any atom is 0.165 e. The summed E-state index contributed by atoms with van der Waals surface area (Å²) in [6.07, 6.45) is 1.02. The average Bonchev–Trinajstić information content (AvgIpc) is 2.42. The highest BCUT2D eigenvalue weighted by Gasteiger charge is 2.21. The van der Waals surface area contributed by atoms with Crippen molar-refractivity contribution in [3.05, 3.63) is 29.6 Å². The Kier molecular flexibility index (Phi) is 9.14. The molecule has 1 aliphatic heterocycles. The molecule has 0 amide bonds. The molecule has 1 aromatic rings. The number of nitrogens with one attached hydrogen (secondary N) is 1. The van der Waals surface area contributed by atoms with Gasteiger partial charge in [0, 0.05) is 32.2 Å². The first-order valence-corrected chi connectivity index (χ1v) is 6.54. The van der Waals surface area contributed by atoms with Gasteiger partial charge in [0.1, 0.15) is 0 Å². The maximum absolute atomic E-state index is 13.4. The molecule has 20 heavy (non-hydrogen) atoms. The fourth-order valence-electron chi connectivity index (χ4n) is 2.58. The Morgan fingerprint density at radius 1 is 1.30 bits per heavy atom. The predicted octanol–water partition coefficient (Wildman–Crippen LogP) is 3.03. The third kappa shape index (κ3) is 4.48. The molecule has 116 valence electrons. The summed E-state index contributed by atoms with van der Waals surface area (Å²) in [6, 6.07) is 5.54. The van der Waals surface area contributed by atoms with Crippen molar-refractivity contribution < 1.29 is 9.13 Å². The zero-order valence-electron chi connectivity index (χ0n) is 11.9. The summed E-state index contributed by atoms with van der Waals surface area (Å²) in [4.78, 5) is 2.45. The number of halogens is 3. The Balaban J connectivity index is 0.00000180. The molecule has 0 aliphatic carbocycles. The van der Waals surface area contributed by atoms with Crippen LogP contribution in [0.25, 0.3) is 0 Å². The summed E-state index contributed by atoms with van der Waals surface area (Å²) in [6.45, 7) is 6.29. The van der Waals surface area contributed by atoms with E-state index in [9.17, 15) is 4.39 Å². The quantitative estimate of drug-likeness (QED) is 0.921. The van der Waals surface area contributed by atoms with Gasteiger partial charge in [-0.1, -0.05) is 13.0 Å². The molecule has 0 bridgehead atoms. The normalized spacial score (nSPS) is 16.8. The molecule has 1 fully saturated rings. The molecule has 2 rings (SSSR count). The number of rotatable bonds is 4. The van der Waals surface area contributed by atoms with E-state index >= 15 is 0 Å². The number of hydrogen-bond donors (Lipinski definition) is 1. The maximum atomic E-state index is 13.4. The number of piperazine rings is 1. The van der Waals surface area contributed by atoms with Gasteiger partial charge in [-0.05, 0) is 24.1 Å². The summed E-state index contributed by atoms with van der Waals surface area (Å²) in [5.41, 5.74) is 1.14. The van der Waals surface area contributed by atoms with E-state index in [1.54, 1.807) is 0 Å². The molecule has 1 heterocycles. The summed E-state index contributed by atoms with van der Waals surface area (Å²) in [7, 11) is 1.51. The van der Waals surface area contributed by atoms with Crippen molar-refractivity contribution >= 4 is 24.8 Å². The number of hydrogen-bond acceptors (Lipinski definition) is 3. The molecular formula is C14H23Cl2FN2O. The number of methoxy groups -OCH3 is 1. The Morgan fingerprint density at radius 2 is 1.95 bits per heavy atom. The summed E-state index contributed by atoms with van der Waals surface area (Å²) < 4.78 is 18.5. The van der Waals surface area contributed by atoms with Crippen LogP contribution in [0.1, 0.15) is 24.9 Å². The topological polar surface area (TPSA) is 24.5 Å². The first-order chi connectivity index (χ1) is 8.76. The van der Waals surface area contributed by atoms with Crippen molar-refractivity contribution in [2.75, 3.05) is 33.3 Å². The van der Waals surface area contributed by atoms with Crippen molar-refractivity contribution in [2.45, 2.75) is 19.4 Å². The van der Waals surface area contributed by atoms with Crippen LogP contribution in [0.2, 0.25) is 0 Å². The summed E-state index contributed by atoms with van der Waals surface area (Å²) in [5.74, 6) is 0.0394. The van der Waals surface area contributed by atoms with Crippen molar-refractivity contribution in [2.24, 2.45) is 0 Å². The van der Waals surface area contributed by atoms with Crippen LogP contribution < -0.4 is 10.1 Å². The minimum atomic E-state index is -0.295. The van der Waals surface area contributed by atoms with Gasteiger partial charge in [-0.15, -0.1) is 24.8 Å². The van der Waals surface area contributed by atoms with E-state index < -0.39 is 0 Å². The SMILES string of the molecule is CC[C@H](c1ccc(F)c(OC)c1)N1CCNCC1.Cl.Cl. The molecule has 1 N–H and O–H groups in total. The van der Waals surface area contributed by atoms with Crippen LogP contribution in [0.5, 0.6) is 5.75 Å². The highest BCUT2D eigenvalue weighted by molar-refractivity contribution is 5.85. The van der Waals surface area contributed by atoms with Crippen LogP contribution in [-0.2, 0) is 0 Å². The molecule has 6 heteroatoms. The summed E-state index contributed by atoms with van der Waals surface area (Å²) >= 11 is 0. The molecule has 1 saturated heterocycles. The Labute approximate surface area is 132 Å². The van der Waals surface area contributed by atoms with E-state index in [4.69, 9.17) is 4.74 Å². The van der Waals surface area contributed by atoms with E-state index in [-0.39, 0.29) is 30.6 Å². The molecule has 0 saturated carbocycles. The lowest BCUT2D eigenvalue weighted by molar-refractivity contribution is 0.169. The van der Waals surface area contributed by atoms with Crippen LogP contribution in [0.4, 0.5) is 4.39 Å². The van der Waals surface area contributed by atoms with Gasteiger partial charge in [0.05, 0.1) is 7.11 Å². The molecule has 0 aromatic heterocycles. The average molecular weight is 325 g/mol. The lowest BCUT2D eigenvalue weighted by Gasteiger charge is -2.34. The lowest BCUT2D eigenvalue weighted by Crippen LogP contribution is -2.45. The zero-order chi connectivity index (χ0) is 13.0. The van der Waals surface area contributed by atoms with Crippen LogP contribution in [0, 0.1) is 5.82 Å². The molecule has 3 nitrogen and oxygen atoms in total. The molecule has 1 atom stereocenters. The highest BCUT2D eigenvalue weighted by atomic mass is 35.5. The van der Waals surface area contributed by atoms with Gasteiger partial charge in [0.2, 0.25) is 0 Å². The van der Waals surface area contributed by atoms with Gasteiger partial charge in [0.25, 0.3) is 0 Å². The largest absolute Gasteiger partial charge is 0.494 e. The van der Waals surface area contributed by atoms with Crippen molar-refractivity contribution in [3.63, 3.8) is 0 Å². The fraction of sp³-hybridized carbons (Fsp3) is 0.571. The van der Waals surface area contributed by atoms with Crippen molar-refractivity contribution in [1.29, 1.82) is 0 Å². The van der Waals surface area contributed by atoms with Crippen LogP contribution in [0.15, 0.2) is 18.2 Å². The van der Waals surface area contributed by atoms with E-state index in [0.717, 1.165) is 38.2 Å². The smallest absolute Gasteiger partial charge is 0.165 e. The third-order valence-electron chi connectivity index (χ3n) is 3.54. The van der Waals surface area contributed by atoms with Gasteiger partial charge in [-0.2, -0.15) is 0 Å². The highest BCUT2D eigenvalue weighted by Crippen LogP contribution is 2.28. The van der Waals surface area contributed by atoms with Gasteiger partial charge in [-0.3, -0.25) is 4.90 Å². The number of ether oxygens (including phenoxy) is 1. The van der Waals surface area contributed by atoms with Gasteiger partial charge in [-0.25, -0.2) is 4.39 Å².